The second-order valence-electron chi connectivity index (χ2n) is 3.88. The van der Waals surface area contributed by atoms with E-state index in [9.17, 15) is 0 Å². The molecule has 17 heavy (non-hydrogen) atoms. The van der Waals surface area contributed by atoms with Gasteiger partial charge in [-0.3, -0.25) is 0 Å². The summed E-state index contributed by atoms with van der Waals surface area (Å²) in [5, 5.41) is 0. The van der Waals surface area contributed by atoms with Crippen LogP contribution in [0.4, 0.5) is 0 Å². The molecule has 1 saturated heterocycles. The van der Waals surface area contributed by atoms with E-state index < -0.39 is 0 Å². The lowest BCUT2D eigenvalue weighted by Crippen LogP contribution is -2.26. The summed E-state index contributed by atoms with van der Waals surface area (Å²) in [6.45, 7) is 4.99. The van der Waals surface area contributed by atoms with E-state index >= 15 is 0 Å². The minimum atomic E-state index is -0.0774. The third-order valence-electron chi connectivity index (χ3n) is 2.40. The maximum absolute atomic E-state index is 5.43. The number of rotatable bonds is 10. The molecule has 1 aliphatic heterocycles. The van der Waals surface area contributed by atoms with Crippen molar-refractivity contribution in [1.29, 1.82) is 0 Å². The molecule has 102 valence electrons. The number of ether oxygens (including phenoxy) is 5. The van der Waals surface area contributed by atoms with Gasteiger partial charge in [-0.25, -0.2) is 0 Å². The van der Waals surface area contributed by atoms with Crippen LogP contribution in [0.25, 0.3) is 0 Å². The monoisotopic (exact) mass is 248 g/mol. The standard InChI is InChI=1S/C12H24O5/c1-13-5-2-6-14-10-11-15-9-4-12-16-7-3-8-17-12/h12H,2-11H2,1H3. The van der Waals surface area contributed by atoms with Crippen molar-refractivity contribution in [2.24, 2.45) is 0 Å². The summed E-state index contributed by atoms with van der Waals surface area (Å²) < 4.78 is 26.5. The fourth-order valence-electron chi connectivity index (χ4n) is 1.51. The Bertz CT molecular complexity index is 159. The third kappa shape index (κ3) is 8.51. The van der Waals surface area contributed by atoms with Crippen LogP contribution in [0.2, 0.25) is 0 Å². The lowest BCUT2D eigenvalue weighted by molar-refractivity contribution is -0.186. The van der Waals surface area contributed by atoms with Crippen molar-refractivity contribution in [3.63, 3.8) is 0 Å². The Morgan fingerprint density at radius 2 is 1.65 bits per heavy atom. The van der Waals surface area contributed by atoms with Gasteiger partial charge in [-0.2, -0.15) is 0 Å². The van der Waals surface area contributed by atoms with Crippen LogP contribution >= 0.6 is 0 Å². The zero-order valence-corrected chi connectivity index (χ0v) is 10.7. The summed E-state index contributed by atoms with van der Waals surface area (Å²) in [6.07, 6.45) is 2.64. The van der Waals surface area contributed by atoms with Crippen LogP contribution in [0.3, 0.4) is 0 Å². The maximum Gasteiger partial charge on any atom is 0.159 e. The predicted molar refractivity (Wildman–Crippen MR) is 63.1 cm³/mol. The molecule has 0 aromatic heterocycles. The molecule has 5 nitrogen and oxygen atoms in total. The first-order valence-electron chi connectivity index (χ1n) is 6.31. The number of methoxy groups -OCH3 is 1. The van der Waals surface area contributed by atoms with Crippen LogP contribution in [0.15, 0.2) is 0 Å². The van der Waals surface area contributed by atoms with Crippen LogP contribution < -0.4 is 0 Å². The van der Waals surface area contributed by atoms with Gasteiger partial charge in [-0.1, -0.05) is 0 Å². The molecule has 0 aromatic rings. The second-order valence-corrected chi connectivity index (χ2v) is 3.88. The van der Waals surface area contributed by atoms with Gasteiger partial charge >= 0.3 is 0 Å². The van der Waals surface area contributed by atoms with Crippen LogP contribution in [0, 0.1) is 0 Å². The fourth-order valence-corrected chi connectivity index (χ4v) is 1.51. The van der Waals surface area contributed by atoms with Crippen LogP contribution in [-0.4, -0.2) is 59.6 Å². The molecule has 0 atom stereocenters. The minimum Gasteiger partial charge on any atom is -0.385 e. The molecule has 5 heteroatoms. The molecule has 0 unspecified atom stereocenters. The summed E-state index contributed by atoms with van der Waals surface area (Å²) in [5.41, 5.74) is 0. The van der Waals surface area contributed by atoms with E-state index in [1.807, 2.05) is 0 Å². The third-order valence-corrected chi connectivity index (χ3v) is 2.40. The van der Waals surface area contributed by atoms with Gasteiger partial charge in [-0.15, -0.1) is 0 Å². The molecule has 0 aliphatic carbocycles. The van der Waals surface area contributed by atoms with Gasteiger partial charge in [0.15, 0.2) is 6.29 Å². The Balaban J connectivity index is 1.75. The van der Waals surface area contributed by atoms with Gasteiger partial charge in [-0.05, 0) is 12.8 Å². The summed E-state index contributed by atoms with van der Waals surface area (Å²) in [6, 6.07) is 0. The molecule has 0 aromatic carbocycles. The lowest BCUT2D eigenvalue weighted by Gasteiger charge is -2.22. The maximum atomic E-state index is 5.43. The smallest absolute Gasteiger partial charge is 0.159 e. The van der Waals surface area contributed by atoms with E-state index in [1.54, 1.807) is 7.11 Å². The van der Waals surface area contributed by atoms with E-state index in [2.05, 4.69) is 0 Å². The van der Waals surface area contributed by atoms with Crippen molar-refractivity contribution < 1.29 is 23.7 Å². The molecule has 1 rings (SSSR count). The molecule has 0 amide bonds. The lowest BCUT2D eigenvalue weighted by atomic mass is 10.4. The van der Waals surface area contributed by atoms with E-state index in [0.29, 0.717) is 19.8 Å². The van der Waals surface area contributed by atoms with E-state index in [-0.39, 0.29) is 6.29 Å². The topological polar surface area (TPSA) is 46.2 Å². The summed E-state index contributed by atoms with van der Waals surface area (Å²) in [4.78, 5) is 0. The Kier molecular flexibility index (Phi) is 9.55. The quantitative estimate of drug-likeness (QED) is 0.544. The molecule has 1 heterocycles. The van der Waals surface area contributed by atoms with E-state index in [1.165, 1.54) is 0 Å². The average molecular weight is 248 g/mol. The second kappa shape index (κ2) is 10.9. The highest BCUT2D eigenvalue weighted by molar-refractivity contribution is 4.51. The molecule has 0 bridgehead atoms. The van der Waals surface area contributed by atoms with Crippen molar-refractivity contribution in [3.05, 3.63) is 0 Å². The predicted octanol–water partition coefficient (Wildman–Crippen LogP) is 1.21. The highest BCUT2D eigenvalue weighted by Crippen LogP contribution is 2.08. The van der Waals surface area contributed by atoms with Gasteiger partial charge < -0.3 is 23.7 Å². The average Bonchev–Trinajstić information content (AvgIpc) is 2.38. The van der Waals surface area contributed by atoms with Crippen LogP contribution in [0.5, 0.6) is 0 Å². The number of hydrogen-bond acceptors (Lipinski definition) is 5. The van der Waals surface area contributed by atoms with Crippen molar-refractivity contribution in [2.75, 3.05) is 53.4 Å². The van der Waals surface area contributed by atoms with Crippen LogP contribution in [0.1, 0.15) is 19.3 Å². The minimum absolute atomic E-state index is 0.0774. The SMILES string of the molecule is COCCCOCCOCCC1OCCCO1. The largest absolute Gasteiger partial charge is 0.385 e. The van der Waals surface area contributed by atoms with Gasteiger partial charge in [0.05, 0.1) is 33.0 Å². The van der Waals surface area contributed by atoms with Gasteiger partial charge in [0.2, 0.25) is 0 Å². The Morgan fingerprint density at radius 3 is 2.35 bits per heavy atom. The van der Waals surface area contributed by atoms with Crippen molar-refractivity contribution in [3.8, 4) is 0 Å². The highest BCUT2D eigenvalue weighted by Gasteiger charge is 2.13. The zero-order valence-electron chi connectivity index (χ0n) is 10.7. The van der Waals surface area contributed by atoms with Crippen LogP contribution in [-0.2, 0) is 23.7 Å². The Morgan fingerprint density at radius 1 is 0.941 bits per heavy atom. The summed E-state index contributed by atoms with van der Waals surface area (Å²) in [7, 11) is 1.69. The van der Waals surface area contributed by atoms with Gasteiger partial charge in [0.25, 0.3) is 0 Å². The van der Waals surface area contributed by atoms with Gasteiger partial charge in [0.1, 0.15) is 0 Å². The fraction of sp³-hybridized carbons (Fsp3) is 1.00. The van der Waals surface area contributed by atoms with E-state index in [4.69, 9.17) is 23.7 Å². The molecule has 1 aliphatic rings. The first-order chi connectivity index (χ1) is 8.43. The molecule has 0 saturated carbocycles. The normalized spacial score (nSPS) is 17.5. The number of hydrogen-bond donors (Lipinski definition) is 0. The molecule has 0 spiro atoms. The first-order valence-corrected chi connectivity index (χ1v) is 6.31. The first kappa shape index (κ1) is 14.9. The Labute approximate surface area is 103 Å². The van der Waals surface area contributed by atoms with Crippen molar-refractivity contribution >= 4 is 0 Å². The molecule has 0 N–H and O–H groups in total. The van der Waals surface area contributed by atoms with Gasteiger partial charge in [0, 0.05) is 26.7 Å². The van der Waals surface area contributed by atoms with Crippen molar-refractivity contribution in [2.45, 2.75) is 25.6 Å². The summed E-state index contributed by atoms with van der Waals surface area (Å²) in [5.74, 6) is 0. The Hall–Kier alpha value is -0.200. The van der Waals surface area contributed by atoms with E-state index in [0.717, 1.165) is 45.7 Å². The van der Waals surface area contributed by atoms with Crippen molar-refractivity contribution in [1.82, 2.24) is 0 Å². The summed E-state index contributed by atoms with van der Waals surface area (Å²) >= 11 is 0. The highest BCUT2D eigenvalue weighted by atomic mass is 16.7. The molecule has 0 radical (unpaired) electrons. The zero-order chi connectivity index (χ0) is 12.2. The molecular formula is C12H24O5. The molecule has 1 fully saturated rings. The molecular weight excluding hydrogens is 224 g/mol.